The van der Waals surface area contributed by atoms with Gasteiger partial charge >= 0.3 is 0 Å². The van der Waals surface area contributed by atoms with E-state index in [-0.39, 0.29) is 16.7 Å². The van der Waals surface area contributed by atoms with E-state index in [4.69, 9.17) is 0 Å². The Morgan fingerprint density at radius 2 is 1.26 bits per heavy atom. The Labute approximate surface area is 227 Å². The zero-order valence-corrected chi connectivity index (χ0v) is 22.2. The maximum absolute atomic E-state index is 13.8. The number of rotatable bonds is 3. The van der Waals surface area contributed by atoms with E-state index in [0.717, 1.165) is 32.7 Å². The van der Waals surface area contributed by atoms with Gasteiger partial charge in [0, 0.05) is 10.9 Å². The number of carbonyl (C=O) groups is 2. The van der Waals surface area contributed by atoms with Crippen molar-refractivity contribution in [2.75, 3.05) is 4.90 Å². The topological polar surface area (TPSA) is 57.6 Å². The van der Waals surface area contributed by atoms with E-state index in [1.807, 2.05) is 103 Å². The molecular weight excluding hydrogens is 482 g/mol. The summed E-state index contributed by atoms with van der Waals surface area (Å²) in [6.07, 6.45) is 0. The highest BCUT2D eigenvalue weighted by atomic mass is 16.3. The van der Waals surface area contributed by atoms with Crippen molar-refractivity contribution in [1.82, 2.24) is 0 Å². The van der Waals surface area contributed by atoms with Gasteiger partial charge in [-0.1, -0.05) is 124 Å². The fraction of sp³-hybridized carbons (Fsp3) is 0.143. The average molecular weight is 512 g/mol. The van der Waals surface area contributed by atoms with Gasteiger partial charge in [-0.05, 0) is 38.8 Å². The van der Waals surface area contributed by atoms with Crippen molar-refractivity contribution in [3.8, 4) is 0 Å². The van der Waals surface area contributed by atoms with Crippen LogP contribution >= 0.6 is 0 Å². The van der Waals surface area contributed by atoms with Gasteiger partial charge in [0.1, 0.15) is 5.76 Å². The minimum absolute atomic E-state index is 0.0566. The van der Waals surface area contributed by atoms with Gasteiger partial charge in [-0.2, -0.15) is 0 Å². The van der Waals surface area contributed by atoms with Crippen LogP contribution < -0.4 is 4.90 Å². The van der Waals surface area contributed by atoms with Crippen LogP contribution in [-0.2, 0) is 15.0 Å². The monoisotopic (exact) mass is 511 g/mol. The Morgan fingerprint density at radius 3 is 1.92 bits per heavy atom. The Hall–Kier alpha value is -4.70. The molecule has 5 aromatic carbocycles. The Bertz CT molecular complexity index is 1780. The minimum Gasteiger partial charge on any atom is -0.507 e. The van der Waals surface area contributed by atoms with Crippen LogP contribution in [-0.4, -0.2) is 16.8 Å². The normalized spacial score (nSPS) is 17.3. The first-order valence-corrected chi connectivity index (χ1v) is 13.1. The third kappa shape index (κ3) is 4.09. The molecule has 0 aliphatic carbocycles. The summed E-state index contributed by atoms with van der Waals surface area (Å²) in [5, 5.41) is 15.4. The molecule has 1 amide bonds. The average Bonchev–Trinajstić information content (AvgIpc) is 3.21. The second-order valence-corrected chi connectivity index (χ2v) is 11.1. The van der Waals surface area contributed by atoms with E-state index in [1.165, 1.54) is 0 Å². The van der Waals surface area contributed by atoms with Gasteiger partial charge in [-0.25, -0.2) is 0 Å². The van der Waals surface area contributed by atoms with Crippen LogP contribution in [0.3, 0.4) is 0 Å². The highest BCUT2D eigenvalue weighted by Gasteiger charge is 2.47. The maximum atomic E-state index is 13.8. The number of amides is 1. The summed E-state index contributed by atoms with van der Waals surface area (Å²) in [6, 6.07) is 34.1. The molecule has 4 nitrogen and oxygen atoms in total. The van der Waals surface area contributed by atoms with Crippen LogP contribution in [0.5, 0.6) is 0 Å². The number of carbonyl (C=O) groups excluding carboxylic acids is 2. The Morgan fingerprint density at radius 1 is 0.692 bits per heavy atom. The van der Waals surface area contributed by atoms with Gasteiger partial charge in [0.05, 0.1) is 17.3 Å². The molecule has 0 bridgehead atoms. The van der Waals surface area contributed by atoms with E-state index in [9.17, 15) is 14.7 Å². The molecule has 39 heavy (non-hydrogen) atoms. The van der Waals surface area contributed by atoms with Crippen molar-refractivity contribution in [2.45, 2.75) is 32.2 Å². The summed E-state index contributed by atoms with van der Waals surface area (Å²) in [6.45, 7) is 6.43. The molecule has 1 aliphatic heterocycles. The van der Waals surface area contributed by atoms with E-state index < -0.39 is 17.7 Å². The first-order valence-electron chi connectivity index (χ1n) is 13.1. The van der Waals surface area contributed by atoms with Crippen molar-refractivity contribution < 1.29 is 14.7 Å². The number of benzene rings is 5. The molecule has 1 N–H and O–H groups in total. The van der Waals surface area contributed by atoms with Gasteiger partial charge in [-0.3, -0.25) is 14.5 Å². The van der Waals surface area contributed by atoms with Crippen LogP contribution in [0.4, 0.5) is 5.69 Å². The molecule has 1 saturated heterocycles. The summed E-state index contributed by atoms with van der Waals surface area (Å²) >= 11 is 0. The van der Waals surface area contributed by atoms with Gasteiger partial charge < -0.3 is 5.11 Å². The van der Waals surface area contributed by atoms with Gasteiger partial charge in [0.2, 0.25) is 0 Å². The third-order valence-corrected chi connectivity index (χ3v) is 7.61. The number of aliphatic hydroxyl groups excluding tert-OH is 1. The standard InChI is InChI=1S/C35H29NO3/c1-35(2,3)25-20-18-24(19-21-25)31-30(32(37)28-16-8-12-22-10-4-6-14-26(22)28)33(38)34(39)36(31)29-17-9-13-23-11-5-7-15-27(23)29/h4-21,31,37H,1-3H3/b32-30+. The summed E-state index contributed by atoms with van der Waals surface area (Å²) in [5.74, 6) is -1.52. The van der Waals surface area contributed by atoms with Crippen molar-refractivity contribution in [2.24, 2.45) is 0 Å². The van der Waals surface area contributed by atoms with Gasteiger partial charge in [0.15, 0.2) is 0 Å². The van der Waals surface area contributed by atoms with Gasteiger partial charge in [-0.15, -0.1) is 0 Å². The predicted octanol–water partition coefficient (Wildman–Crippen LogP) is 7.92. The summed E-state index contributed by atoms with van der Waals surface area (Å²) in [4.78, 5) is 29.1. The number of hydrogen-bond donors (Lipinski definition) is 1. The number of aliphatic hydroxyl groups is 1. The second-order valence-electron chi connectivity index (χ2n) is 11.1. The molecule has 1 fully saturated rings. The van der Waals surface area contributed by atoms with Crippen LogP contribution in [0.25, 0.3) is 27.3 Å². The molecule has 1 atom stereocenters. The predicted molar refractivity (Wildman–Crippen MR) is 158 cm³/mol. The number of fused-ring (bicyclic) bond motifs is 2. The molecule has 0 spiro atoms. The van der Waals surface area contributed by atoms with Crippen molar-refractivity contribution in [1.29, 1.82) is 0 Å². The molecule has 0 aromatic heterocycles. The van der Waals surface area contributed by atoms with Crippen LogP contribution in [0, 0.1) is 0 Å². The Balaban J connectivity index is 1.62. The minimum atomic E-state index is -0.788. The molecule has 1 unspecified atom stereocenters. The van der Waals surface area contributed by atoms with Crippen LogP contribution in [0.15, 0.2) is 115 Å². The molecule has 0 radical (unpaired) electrons. The molecule has 5 aromatic rings. The highest BCUT2D eigenvalue weighted by Crippen LogP contribution is 2.45. The lowest BCUT2D eigenvalue weighted by Crippen LogP contribution is -2.29. The zero-order chi connectivity index (χ0) is 27.3. The summed E-state index contributed by atoms with van der Waals surface area (Å²) in [5.41, 5.74) is 3.10. The quantitative estimate of drug-likeness (QED) is 0.152. The largest absolute Gasteiger partial charge is 0.507 e. The van der Waals surface area contributed by atoms with Crippen molar-refractivity contribution in [3.05, 3.63) is 131 Å². The maximum Gasteiger partial charge on any atom is 0.300 e. The molecule has 192 valence electrons. The number of hydrogen-bond acceptors (Lipinski definition) is 3. The lowest BCUT2D eigenvalue weighted by Gasteiger charge is -2.27. The molecular formula is C35H29NO3. The van der Waals surface area contributed by atoms with Crippen LogP contribution in [0.1, 0.15) is 43.5 Å². The smallest absolute Gasteiger partial charge is 0.300 e. The van der Waals surface area contributed by atoms with Crippen molar-refractivity contribution >= 4 is 44.7 Å². The fourth-order valence-electron chi connectivity index (χ4n) is 5.56. The highest BCUT2D eigenvalue weighted by molar-refractivity contribution is 6.52. The molecule has 6 rings (SSSR count). The van der Waals surface area contributed by atoms with E-state index >= 15 is 0 Å². The Kier molecular flexibility index (Phi) is 5.84. The number of ketones is 1. The first-order chi connectivity index (χ1) is 18.8. The summed E-state index contributed by atoms with van der Waals surface area (Å²) < 4.78 is 0. The number of nitrogens with zero attached hydrogens (tertiary/aromatic N) is 1. The van der Waals surface area contributed by atoms with E-state index in [1.54, 1.807) is 11.0 Å². The molecule has 4 heteroatoms. The lowest BCUT2D eigenvalue weighted by atomic mass is 9.85. The second kappa shape index (κ2) is 9.25. The van der Waals surface area contributed by atoms with Crippen LogP contribution in [0.2, 0.25) is 0 Å². The molecule has 0 saturated carbocycles. The zero-order valence-electron chi connectivity index (χ0n) is 22.2. The third-order valence-electron chi connectivity index (χ3n) is 7.61. The fourth-order valence-corrected chi connectivity index (χ4v) is 5.56. The SMILES string of the molecule is CC(C)(C)c1ccc(C2/C(=C(\O)c3cccc4ccccc34)C(=O)C(=O)N2c2cccc3ccccc23)cc1. The van der Waals surface area contributed by atoms with E-state index in [0.29, 0.717) is 11.3 Å². The number of anilines is 1. The summed E-state index contributed by atoms with van der Waals surface area (Å²) in [7, 11) is 0. The molecule has 1 heterocycles. The first kappa shape index (κ1) is 24.6. The van der Waals surface area contributed by atoms with Gasteiger partial charge in [0.25, 0.3) is 11.7 Å². The number of Topliss-reactive ketones (excluding diaryl/α,β-unsaturated/α-hetero) is 1. The lowest BCUT2D eigenvalue weighted by molar-refractivity contribution is -0.132. The van der Waals surface area contributed by atoms with Crippen molar-refractivity contribution in [3.63, 3.8) is 0 Å². The molecule has 1 aliphatic rings. The van der Waals surface area contributed by atoms with E-state index in [2.05, 4.69) is 20.8 Å².